The van der Waals surface area contributed by atoms with E-state index in [1.165, 1.54) is 25.3 Å². The van der Waals surface area contributed by atoms with E-state index in [4.69, 9.17) is 0 Å². The second kappa shape index (κ2) is 9.05. The smallest absolute Gasteiger partial charge is 0.256 e. The Kier molecular flexibility index (Phi) is 6.51. The van der Waals surface area contributed by atoms with E-state index in [2.05, 4.69) is 19.9 Å². The maximum Gasteiger partial charge on any atom is 0.256 e. The maximum atomic E-state index is 12.5. The van der Waals surface area contributed by atoms with Crippen LogP contribution in [0.3, 0.4) is 0 Å². The first kappa shape index (κ1) is 20.1. The number of nitrogens with zero attached hydrogens (tertiary/aromatic N) is 2. The Morgan fingerprint density at radius 3 is 2.61 bits per heavy atom. The zero-order valence-corrected chi connectivity index (χ0v) is 16.8. The first-order valence-corrected chi connectivity index (χ1v) is 11.2. The molecule has 8 heteroatoms. The maximum absolute atomic E-state index is 12.5. The summed E-state index contributed by atoms with van der Waals surface area (Å²) in [7, 11) is -3.40. The molecule has 150 valence electrons. The monoisotopic (exact) mass is 402 g/mol. The molecule has 0 unspecified atom stereocenters. The molecule has 1 fully saturated rings. The lowest BCUT2D eigenvalue weighted by Gasteiger charge is -2.28. The fourth-order valence-electron chi connectivity index (χ4n) is 3.21. The van der Waals surface area contributed by atoms with Crippen molar-refractivity contribution in [1.29, 1.82) is 0 Å². The Morgan fingerprint density at radius 2 is 1.93 bits per heavy atom. The van der Waals surface area contributed by atoms with E-state index in [1.54, 1.807) is 37.4 Å². The number of amides is 1. The van der Waals surface area contributed by atoms with Crippen LogP contribution in [-0.4, -0.2) is 38.2 Å². The van der Waals surface area contributed by atoms with Crippen LogP contribution in [0, 0.1) is 0 Å². The van der Waals surface area contributed by atoms with Crippen LogP contribution in [0.25, 0.3) is 0 Å². The molecule has 2 aromatic rings. The largest absolute Gasteiger partial charge is 0.370 e. The van der Waals surface area contributed by atoms with Crippen molar-refractivity contribution in [2.45, 2.75) is 32.6 Å². The van der Waals surface area contributed by atoms with Crippen LogP contribution in [0.1, 0.15) is 43.0 Å². The van der Waals surface area contributed by atoms with Crippen LogP contribution in [0.4, 0.5) is 17.2 Å². The van der Waals surface area contributed by atoms with Gasteiger partial charge in [0.05, 0.1) is 17.6 Å². The molecule has 1 aromatic heterocycles. The highest BCUT2D eigenvalue weighted by Crippen LogP contribution is 2.20. The molecule has 0 spiro atoms. The lowest BCUT2D eigenvalue weighted by molar-refractivity contribution is 0.102. The average molecular weight is 403 g/mol. The fraction of sp³-hybridized carbons (Fsp3) is 0.400. The minimum atomic E-state index is -3.40. The van der Waals surface area contributed by atoms with E-state index < -0.39 is 10.0 Å². The molecular weight excluding hydrogens is 376 g/mol. The Hall–Kier alpha value is -2.61. The normalized spacial score (nSPS) is 14.5. The molecule has 28 heavy (non-hydrogen) atoms. The predicted molar refractivity (Wildman–Crippen MR) is 112 cm³/mol. The fourth-order valence-corrected chi connectivity index (χ4v) is 4.34. The summed E-state index contributed by atoms with van der Waals surface area (Å²) < 4.78 is 26.3. The van der Waals surface area contributed by atoms with Gasteiger partial charge < -0.3 is 10.2 Å². The molecule has 2 heterocycles. The third kappa shape index (κ3) is 5.45. The Bertz CT molecular complexity index is 907. The van der Waals surface area contributed by atoms with Crippen molar-refractivity contribution in [1.82, 2.24) is 4.98 Å². The SMILES string of the molecule is CCCS(=O)(=O)Nc1cccc(C(=O)Nc2ccc(N3CCCCC3)cn2)c1. The minimum Gasteiger partial charge on any atom is -0.370 e. The van der Waals surface area contributed by atoms with Gasteiger partial charge >= 0.3 is 0 Å². The number of hydrogen-bond acceptors (Lipinski definition) is 5. The number of hydrogen-bond donors (Lipinski definition) is 2. The van der Waals surface area contributed by atoms with Crippen LogP contribution in [0.15, 0.2) is 42.6 Å². The van der Waals surface area contributed by atoms with E-state index >= 15 is 0 Å². The van der Waals surface area contributed by atoms with Crippen LogP contribution >= 0.6 is 0 Å². The van der Waals surface area contributed by atoms with Crippen molar-refractivity contribution in [2.75, 3.05) is 33.8 Å². The predicted octanol–water partition coefficient (Wildman–Crippen LogP) is 3.48. The van der Waals surface area contributed by atoms with Gasteiger partial charge in [-0.2, -0.15) is 0 Å². The molecule has 7 nitrogen and oxygen atoms in total. The molecule has 1 amide bonds. The van der Waals surface area contributed by atoms with Crippen LogP contribution < -0.4 is 14.9 Å². The number of aromatic nitrogens is 1. The van der Waals surface area contributed by atoms with Crippen LogP contribution in [-0.2, 0) is 10.0 Å². The van der Waals surface area contributed by atoms with Crippen molar-refractivity contribution >= 4 is 33.1 Å². The summed E-state index contributed by atoms with van der Waals surface area (Å²) in [4.78, 5) is 19.1. The van der Waals surface area contributed by atoms with E-state index in [-0.39, 0.29) is 11.7 Å². The van der Waals surface area contributed by atoms with Gasteiger partial charge in [0.15, 0.2) is 0 Å². The number of piperidine rings is 1. The standard InChI is InChI=1S/C20H26N4O3S/c1-2-13-28(26,27)23-17-8-6-7-16(14-17)20(25)22-19-10-9-18(15-21-19)24-11-4-3-5-12-24/h6-10,14-15,23H,2-5,11-13H2,1H3,(H,21,22,25). The second-order valence-electron chi connectivity index (χ2n) is 6.91. The van der Waals surface area contributed by atoms with Gasteiger partial charge in [0.1, 0.15) is 5.82 Å². The summed E-state index contributed by atoms with van der Waals surface area (Å²) >= 11 is 0. The van der Waals surface area contributed by atoms with E-state index in [9.17, 15) is 13.2 Å². The summed E-state index contributed by atoms with van der Waals surface area (Å²) in [6, 6.07) is 10.2. The third-order valence-electron chi connectivity index (χ3n) is 4.58. The molecule has 2 N–H and O–H groups in total. The minimum absolute atomic E-state index is 0.0384. The zero-order chi connectivity index (χ0) is 20.0. The summed E-state index contributed by atoms with van der Waals surface area (Å²) in [6.45, 7) is 3.87. The highest BCUT2D eigenvalue weighted by Gasteiger charge is 2.13. The molecule has 0 aliphatic carbocycles. The van der Waals surface area contributed by atoms with Gasteiger partial charge in [-0.1, -0.05) is 13.0 Å². The van der Waals surface area contributed by atoms with Crippen LogP contribution in [0.2, 0.25) is 0 Å². The Balaban J connectivity index is 1.65. The molecule has 1 saturated heterocycles. The summed E-state index contributed by atoms with van der Waals surface area (Å²) in [5.41, 5.74) is 1.79. The Morgan fingerprint density at radius 1 is 1.14 bits per heavy atom. The summed E-state index contributed by atoms with van der Waals surface area (Å²) in [6.07, 6.45) is 5.95. The third-order valence-corrected chi connectivity index (χ3v) is 6.07. The second-order valence-corrected chi connectivity index (χ2v) is 8.75. The number of nitrogens with one attached hydrogen (secondary N) is 2. The number of benzene rings is 1. The van der Waals surface area contributed by atoms with Gasteiger partial charge in [0, 0.05) is 24.3 Å². The highest BCUT2D eigenvalue weighted by molar-refractivity contribution is 7.92. The first-order valence-electron chi connectivity index (χ1n) is 9.60. The number of carbonyl (C=O) groups is 1. The number of anilines is 3. The molecule has 3 rings (SSSR count). The van der Waals surface area contributed by atoms with Crippen molar-refractivity contribution < 1.29 is 13.2 Å². The van der Waals surface area contributed by atoms with Gasteiger partial charge in [-0.3, -0.25) is 9.52 Å². The van der Waals surface area contributed by atoms with Gasteiger partial charge in [0.2, 0.25) is 10.0 Å². The van der Waals surface area contributed by atoms with E-state index in [0.717, 1.165) is 18.8 Å². The number of sulfonamides is 1. The number of pyridine rings is 1. The molecule has 1 aromatic carbocycles. The average Bonchev–Trinajstić information content (AvgIpc) is 2.69. The number of carbonyl (C=O) groups excluding carboxylic acids is 1. The van der Waals surface area contributed by atoms with Crippen molar-refractivity contribution in [2.24, 2.45) is 0 Å². The lowest BCUT2D eigenvalue weighted by Crippen LogP contribution is -2.29. The molecular formula is C20H26N4O3S. The quantitative estimate of drug-likeness (QED) is 0.740. The van der Waals surface area contributed by atoms with E-state index in [0.29, 0.717) is 23.5 Å². The lowest BCUT2D eigenvalue weighted by atomic mass is 10.1. The molecule has 1 aliphatic heterocycles. The number of rotatable bonds is 7. The zero-order valence-electron chi connectivity index (χ0n) is 16.0. The summed E-state index contributed by atoms with van der Waals surface area (Å²) in [5.74, 6) is 0.161. The molecule has 0 bridgehead atoms. The molecule has 0 saturated carbocycles. The van der Waals surface area contributed by atoms with E-state index in [1.807, 2.05) is 6.07 Å². The van der Waals surface area contributed by atoms with Gasteiger partial charge in [-0.25, -0.2) is 13.4 Å². The Labute approximate surface area is 166 Å². The molecule has 0 atom stereocenters. The highest BCUT2D eigenvalue weighted by atomic mass is 32.2. The molecule has 1 aliphatic rings. The summed E-state index contributed by atoms with van der Waals surface area (Å²) in [5, 5.41) is 2.76. The van der Waals surface area contributed by atoms with Crippen molar-refractivity contribution in [3.63, 3.8) is 0 Å². The van der Waals surface area contributed by atoms with Gasteiger partial charge in [0.25, 0.3) is 5.91 Å². The van der Waals surface area contributed by atoms with Crippen LogP contribution in [0.5, 0.6) is 0 Å². The first-order chi connectivity index (χ1) is 13.5. The topological polar surface area (TPSA) is 91.4 Å². The van der Waals surface area contributed by atoms with Crippen molar-refractivity contribution in [3.8, 4) is 0 Å². The van der Waals surface area contributed by atoms with Crippen molar-refractivity contribution in [3.05, 3.63) is 48.2 Å². The van der Waals surface area contributed by atoms with Gasteiger partial charge in [-0.15, -0.1) is 0 Å². The molecule has 0 radical (unpaired) electrons. The van der Waals surface area contributed by atoms with Gasteiger partial charge in [-0.05, 0) is 56.0 Å².